The number of H-pyrrole nitrogens is 1. The molecular weight excluding hydrogens is 248 g/mol. The van der Waals surface area contributed by atoms with Gasteiger partial charge in [0, 0.05) is 19.3 Å². The monoisotopic (exact) mass is 268 g/mol. The first-order valence-corrected chi connectivity index (χ1v) is 6.13. The summed E-state index contributed by atoms with van der Waals surface area (Å²) >= 11 is 0. The van der Waals surface area contributed by atoms with E-state index in [2.05, 4.69) is 10.3 Å². The normalized spacial score (nSPS) is 10.3. The van der Waals surface area contributed by atoms with Gasteiger partial charge in [-0.3, -0.25) is 4.79 Å². The van der Waals surface area contributed by atoms with Gasteiger partial charge in [-0.1, -0.05) is 6.92 Å². The highest BCUT2D eigenvalue weighted by atomic mass is 16.5. The molecule has 6 nitrogen and oxygen atoms in total. The van der Waals surface area contributed by atoms with Crippen molar-refractivity contribution in [2.75, 3.05) is 27.4 Å². The molecule has 1 heterocycles. The zero-order chi connectivity index (χ0) is 14.4. The molecule has 1 amide bonds. The predicted molar refractivity (Wildman–Crippen MR) is 70.5 cm³/mol. The Morgan fingerprint density at radius 1 is 1.32 bits per heavy atom. The second-order valence-electron chi connectivity index (χ2n) is 4.07. The largest absolute Gasteiger partial charge is 0.465 e. The van der Waals surface area contributed by atoms with Gasteiger partial charge in [0.15, 0.2) is 0 Å². The van der Waals surface area contributed by atoms with E-state index in [1.807, 2.05) is 6.92 Å². The summed E-state index contributed by atoms with van der Waals surface area (Å²) in [7, 11) is 2.89. The lowest BCUT2D eigenvalue weighted by Crippen LogP contribution is -2.27. The predicted octanol–water partition coefficient (Wildman–Crippen LogP) is 1.05. The van der Waals surface area contributed by atoms with Crippen LogP contribution in [0.25, 0.3) is 0 Å². The number of methoxy groups -OCH3 is 2. The van der Waals surface area contributed by atoms with Gasteiger partial charge in [-0.25, -0.2) is 4.79 Å². The lowest BCUT2D eigenvalue weighted by atomic mass is 10.1. The Kier molecular flexibility index (Phi) is 5.57. The van der Waals surface area contributed by atoms with Gasteiger partial charge in [-0.2, -0.15) is 0 Å². The number of carbonyl (C=O) groups excluding carboxylic acids is 2. The molecule has 106 valence electrons. The van der Waals surface area contributed by atoms with E-state index in [9.17, 15) is 9.59 Å². The van der Waals surface area contributed by atoms with Crippen LogP contribution in [0.4, 0.5) is 0 Å². The van der Waals surface area contributed by atoms with E-state index in [1.54, 1.807) is 14.0 Å². The number of hydrogen-bond donors (Lipinski definition) is 2. The number of carbonyl (C=O) groups is 2. The van der Waals surface area contributed by atoms with E-state index in [0.29, 0.717) is 42.1 Å². The summed E-state index contributed by atoms with van der Waals surface area (Å²) in [6, 6.07) is 0. The van der Waals surface area contributed by atoms with E-state index in [1.165, 1.54) is 7.11 Å². The van der Waals surface area contributed by atoms with Crippen molar-refractivity contribution in [1.29, 1.82) is 0 Å². The second-order valence-corrected chi connectivity index (χ2v) is 4.07. The molecule has 0 saturated heterocycles. The third kappa shape index (κ3) is 3.35. The zero-order valence-corrected chi connectivity index (χ0v) is 11.8. The summed E-state index contributed by atoms with van der Waals surface area (Å²) in [6.07, 6.45) is 0.622. The van der Waals surface area contributed by atoms with Crippen LogP contribution in [0.5, 0.6) is 0 Å². The van der Waals surface area contributed by atoms with Crippen molar-refractivity contribution >= 4 is 11.9 Å². The smallest absolute Gasteiger partial charge is 0.339 e. The summed E-state index contributed by atoms with van der Waals surface area (Å²) in [5.41, 5.74) is 2.16. The van der Waals surface area contributed by atoms with Gasteiger partial charge >= 0.3 is 5.97 Å². The molecule has 0 bridgehead atoms. The summed E-state index contributed by atoms with van der Waals surface area (Å²) in [5, 5.41) is 2.71. The number of nitrogens with one attached hydrogen (secondary N) is 2. The van der Waals surface area contributed by atoms with Crippen LogP contribution in [0.15, 0.2) is 0 Å². The molecule has 0 atom stereocenters. The third-order valence-corrected chi connectivity index (χ3v) is 2.89. The summed E-state index contributed by atoms with van der Waals surface area (Å²) in [4.78, 5) is 26.7. The number of aromatic nitrogens is 1. The molecule has 1 aromatic rings. The van der Waals surface area contributed by atoms with Crippen molar-refractivity contribution in [3.05, 3.63) is 22.5 Å². The molecule has 0 aliphatic rings. The van der Waals surface area contributed by atoms with Gasteiger partial charge in [-0.15, -0.1) is 0 Å². The van der Waals surface area contributed by atoms with E-state index in [-0.39, 0.29) is 5.91 Å². The van der Waals surface area contributed by atoms with Gasteiger partial charge in [0.1, 0.15) is 5.69 Å². The van der Waals surface area contributed by atoms with Gasteiger partial charge in [0.05, 0.1) is 19.3 Å². The molecule has 0 spiro atoms. The Morgan fingerprint density at radius 3 is 2.53 bits per heavy atom. The number of aromatic amines is 1. The molecule has 0 radical (unpaired) electrons. The van der Waals surface area contributed by atoms with Crippen LogP contribution in [0, 0.1) is 6.92 Å². The molecule has 1 aromatic heterocycles. The van der Waals surface area contributed by atoms with E-state index < -0.39 is 5.97 Å². The fraction of sp³-hybridized carbons (Fsp3) is 0.538. The Balaban J connectivity index is 2.99. The minimum Gasteiger partial charge on any atom is -0.465 e. The fourth-order valence-corrected chi connectivity index (χ4v) is 1.88. The molecule has 1 rings (SSSR count). The maximum atomic E-state index is 12.0. The summed E-state index contributed by atoms with van der Waals surface area (Å²) < 4.78 is 9.61. The highest BCUT2D eigenvalue weighted by Gasteiger charge is 2.23. The first-order valence-electron chi connectivity index (χ1n) is 6.13. The summed E-state index contributed by atoms with van der Waals surface area (Å²) in [6.45, 7) is 4.50. The highest BCUT2D eigenvalue weighted by Crippen LogP contribution is 2.20. The number of rotatable bonds is 6. The molecule has 6 heteroatoms. The molecule has 0 unspecified atom stereocenters. The SMILES string of the molecule is CCc1[nH]c(C(=O)NCCOC)c(C)c1C(=O)OC. The van der Waals surface area contributed by atoms with Gasteiger partial charge in [0.2, 0.25) is 0 Å². The van der Waals surface area contributed by atoms with Crippen LogP contribution < -0.4 is 5.32 Å². The number of esters is 1. The van der Waals surface area contributed by atoms with Crippen molar-refractivity contribution < 1.29 is 19.1 Å². The lowest BCUT2D eigenvalue weighted by molar-refractivity contribution is 0.0599. The van der Waals surface area contributed by atoms with Crippen LogP contribution in [0.2, 0.25) is 0 Å². The minimum atomic E-state index is -0.429. The molecule has 0 saturated carbocycles. The number of amides is 1. The zero-order valence-electron chi connectivity index (χ0n) is 11.8. The molecule has 0 aliphatic carbocycles. The van der Waals surface area contributed by atoms with Crippen LogP contribution in [0.3, 0.4) is 0 Å². The number of aryl methyl sites for hydroxylation is 1. The van der Waals surface area contributed by atoms with Crippen molar-refractivity contribution in [1.82, 2.24) is 10.3 Å². The van der Waals surface area contributed by atoms with Gasteiger partial charge in [0.25, 0.3) is 5.91 Å². The summed E-state index contributed by atoms with van der Waals surface area (Å²) in [5.74, 6) is -0.680. The van der Waals surface area contributed by atoms with Crippen molar-refractivity contribution in [2.45, 2.75) is 20.3 Å². The lowest BCUT2D eigenvalue weighted by Gasteiger charge is -2.04. The minimum absolute atomic E-state index is 0.251. The van der Waals surface area contributed by atoms with Crippen molar-refractivity contribution in [2.24, 2.45) is 0 Å². The quantitative estimate of drug-likeness (QED) is 0.597. The standard InChI is InChI=1S/C13H20N2O4/c1-5-9-10(13(17)19-4)8(2)11(15-9)12(16)14-6-7-18-3/h15H,5-7H2,1-4H3,(H,14,16). The molecule has 0 aliphatic heterocycles. The molecule has 0 aromatic carbocycles. The maximum Gasteiger partial charge on any atom is 0.339 e. The van der Waals surface area contributed by atoms with Crippen LogP contribution >= 0.6 is 0 Å². The molecule has 0 fully saturated rings. The topological polar surface area (TPSA) is 80.4 Å². The fourth-order valence-electron chi connectivity index (χ4n) is 1.88. The Bertz CT molecular complexity index is 465. The average molecular weight is 268 g/mol. The molecule has 2 N–H and O–H groups in total. The Labute approximate surface area is 112 Å². The van der Waals surface area contributed by atoms with Crippen molar-refractivity contribution in [3.63, 3.8) is 0 Å². The van der Waals surface area contributed by atoms with E-state index in [4.69, 9.17) is 9.47 Å². The van der Waals surface area contributed by atoms with Gasteiger partial charge < -0.3 is 19.8 Å². The van der Waals surface area contributed by atoms with Crippen LogP contribution in [0.1, 0.15) is 39.0 Å². The highest BCUT2D eigenvalue weighted by molar-refractivity contribution is 6.00. The first kappa shape index (κ1) is 15.2. The molecular formula is C13H20N2O4. The van der Waals surface area contributed by atoms with Crippen molar-refractivity contribution in [3.8, 4) is 0 Å². The second kappa shape index (κ2) is 6.94. The Hall–Kier alpha value is -1.82. The van der Waals surface area contributed by atoms with Crippen LogP contribution in [-0.4, -0.2) is 44.2 Å². The third-order valence-electron chi connectivity index (χ3n) is 2.89. The first-order chi connectivity index (χ1) is 9.06. The Morgan fingerprint density at radius 2 is 2.00 bits per heavy atom. The number of hydrogen-bond acceptors (Lipinski definition) is 4. The molecule has 19 heavy (non-hydrogen) atoms. The van der Waals surface area contributed by atoms with Gasteiger partial charge in [-0.05, 0) is 18.9 Å². The maximum absolute atomic E-state index is 12.0. The van der Waals surface area contributed by atoms with E-state index in [0.717, 1.165) is 0 Å². The van der Waals surface area contributed by atoms with Crippen LogP contribution in [-0.2, 0) is 15.9 Å². The number of ether oxygens (including phenoxy) is 2. The van der Waals surface area contributed by atoms with E-state index >= 15 is 0 Å². The average Bonchev–Trinajstić information content (AvgIpc) is 2.75.